The number of benzene rings is 1. The van der Waals surface area contributed by atoms with Crippen molar-refractivity contribution in [2.45, 2.75) is 23.2 Å². The molecular formula is C13H12N2O5S. The Balaban J connectivity index is 1.86. The summed E-state index contributed by atoms with van der Waals surface area (Å²) in [6.45, 7) is 0. The molecule has 1 saturated carbocycles. The van der Waals surface area contributed by atoms with Gasteiger partial charge in [0.2, 0.25) is 0 Å². The van der Waals surface area contributed by atoms with Gasteiger partial charge in [0.15, 0.2) is 0 Å². The van der Waals surface area contributed by atoms with Gasteiger partial charge in [0, 0.05) is 0 Å². The quantitative estimate of drug-likeness (QED) is 0.868. The van der Waals surface area contributed by atoms with Gasteiger partial charge in [-0.3, -0.25) is 9.52 Å². The number of anilines is 1. The van der Waals surface area contributed by atoms with E-state index in [0.29, 0.717) is 18.4 Å². The number of sulfonamides is 1. The van der Waals surface area contributed by atoms with Gasteiger partial charge in [-0.25, -0.2) is 8.42 Å². The number of aromatic nitrogens is 1. The molecule has 1 aliphatic carbocycles. The number of carboxylic acids is 1. The van der Waals surface area contributed by atoms with E-state index in [0.717, 1.165) is 0 Å². The van der Waals surface area contributed by atoms with Crippen molar-refractivity contribution >= 4 is 21.7 Å². The highest BCUT2D eigenvalue weighted by Gasteiger charge is 2.51. The minimum absolute atomic E-state index is 0.0497. The molecular weight excluding hydrogens is 296 g/mol. The molecule has 3 rings (SSSR count). The van der Waals surface area contributed by atoms with Crippen LogP contribution in [-0.4, -0.2) is 24.7 Å². The van der Waals surface area contributed by atoms with Gasteiger partial charge in [0.1, 0.15) is 12.0 Å². The first kappa shape index (κ1) is 13.6. The van der Waals surface area contributed by atoms with Gasteiger partial charge < -0.3 is 9.63 Å². The van der Waals surface area contributed by atoms with Crippen LogP contribution in [0.25, 0.3) is 0 Å². The standard InChI is InChI=1S/C13H12N2O5S/c16-12(17)13(5-6-13)9-1-3-11(4-2-9)21(18,19)15-10-7-14-20-8-10/h1-4,7-8,15H,5-6H2,(H,16,17). The molecule has 1 aliphatic rings. The van der Waals surface area contributed by atoms with E-state index in [4.69, 9.17) is 0 Å². The summed E-state index contributed by atoms with van der Waals surface area (Å²) in [6, 6.07) is 5.88. The van der Waals surface area contributed by atoms with Gasteiger partial charge in [-0.05, 0) is 30.5 Å². The lowest BCUT2D eigenvalue weighted by Crippen LogP contribution is -2.19. The average Bonchev–Trinajstić information content (AvgIpc) is 3.12. The Morgan fingerprint density at radius 3 is 2.43 bits per heavy atom. The van der Waals surface area contributed by atoms with Gasteiger partial charge >= 0.3 is 5.97 Å². The molecule has 0 spiro atoms. The van der Waals surface area contributed by atoms with E-state index in [1.165, 1.54) is 24.6 Å². The number of carbonyl (C=O) groups is 1. The van der Waals surface area contributed by atoms with Crippen molar-refractivity contribution in [3.63, 3.8) is 0 Å². The van der Waals surface area contributed by atoms with Crippen LogP contribution in [0.2, 0.25) is 0 Å². The fourth-order valence-electron chi connectivity index (χ4n) is 2.17. The van der Waals surface area contributed by atoms with E-state index in [1.54, 1.807) is 12.1 Å². The molecule has 1 fully saturated rings. The predicted octanol–water partition coefficient (Wildman–Crippen LogP) is 1.59. The Morgan fingerprint density at radius 2 is 1.95 bits per heavy atom. The molecule has 1 aromatic heterocycles. The number of nitrogens with one attached hydrogen (secondary N) is 1. The average molecular weight is 308 g/mol. The lowest BCUT2D eigenvalue weighted by molar-refractivity contribution is -0.140. The van der Waals surface area contributed by atoms with Crippen LogP contribution in [0.1, 0.15) is 18.4 Å². The number of hydrogen-bond acceptors (Lipinski definition) is 5. The maximum atomic E-state index is 12.1. The Morgan fingerprint density at radius 1 is 1.29 bits per heavy atom. The second kappa shape index (κ2) is 4.59. The van der Waals surface area contributed by atoms with Crippen LogP contribution >= 0.6 is 0 Å². The van der Waals surface area contributed by atoms with Crippen molar-refractivity contribution in [2.24, 2.45) is 0 Å². The summed E-state index contributed by atoms with van der Waals surface area (Å²) in [7, 11) is -3.74. The van der Waals surface area contributed by atoms with Gasteiger partial charge in [-0.15, -0.1) is 0 Å². The lowest BCUT2D eigenvalue weighted by Gasteiger charge is -2.11. The van der Waals surface area contributed by atoms with Gasteiger partial charge in [0.05, 0.1) is 16.5 Å². The summed E-state index contributed by atoms with van der Waals surface area (Å²) < 4.78 is 31.1. The molecule has 110 valence electrons. The molecule has 1 heterocycles. The van der Waals surface area contributed by atoms with Gasteiger partial charge in [0.25, 0.3) is 10.0 Å². The van der Waals surface area contributed by atoms with E-state index in [9.17, 15) is 18.3 Å². The fourth-order valence-corrected chi connectivity index (χ4v) is 3.20. The van der Waals surface area contributed by atoms with Gasteiger partial charge in [-0.2, -0.15) is 0 Å². The molecule has 2 aromatic rings. The van der Waals surface area contributed by atoms with E-state index in [-0.39, 0.29) is 10.6 Å². The van der Waals surface area contributed by atoms with Crippen LogP contribution < -0.4 is 4.72 Å². The van der Waals surface area contributed by atoms with E-state index in [1.807, 2.05) is 0 Å². The number of aliphatic carboxylic acids is 1. The first-order valence-corrected chi connectivity index (χ1v) is 7.68. The highest BCUT2D eigenvalue weighted by Crippen LogP contribution is 2.48. The van der Waals surface area contributed by atoms with Crippen LogP contribution in [0.15, 0.2) is 46.1 Å². The van der Waals surface area contributed by atoms with Crippen molar-refractivity contribution in [3.8, 4) is 0 Å². The molecule has 0 atom stereocenters. The molecule has 0 bridgehead atoms. The summed E-state index contributed by atoms with van der Waals surface area (Å²) >= 11 is 0. The Labute approximate surface area is 120 Å². The van der Waals surface area contributed by atoms with Crippen molar-refractivity contribution in [1.82, 2.24) is 5.16 Å². The molecule has 0 saturated heterocycles. The molecule has 21 heavy (non-hydrogen) atoms. The molecule has 8 heteroatoms. The zero-order chi connectivity index (χ0) is 15.1. The maximum absolute atomic E-state index is 12.1. The number of carboxylic acid groups (broad SMARTS) is 1. The number of nitrogens with zero attached hydrogens (tertiary/aromatic N) is 1. The first-order chi connectivity index (χ1) is 9.94. The van der Waals surface area contributed by atoms with Crippen molar-refractivity contribution in [2.75, 3.05) is 4.72 Å². The Kier molecular flexibility index (Phi) is 2.98. The topological polar surface area (TPSA) is 110 Å². The van der Waals surface area contributed by atoms with Crippen LogP contribution in [0.5, 0.6) is 0 Å². The second-order valence-corrected chi connectivity index (χ2v) is 6.61. The molecule has 0 aliphatic heterocycles. The first-order valence-electron chi connectivity index (χ1n) is 6.20. The minimum Gasteiger partial charge on any atom is -0.481 e. The minimum atomic E-state index is -3.74. The highest BCUT2D eigenvalue weighted by atomic mass is 32.2. The normalized spacial score (nSPS) is 16.4. The predicted molar refractivity (Wildman–Crippen MR) is 72.3 cm³/mol. The second-order valence-electron chi connectivity index (χ2n) is 4.93. The zero-order valence-electron chi connectivity index (χ0n) is 10.8. The fraction of sp³-hybridized carbons (Fsp3) is 0.231. The summed E-state index contributed by atoms with van der Waals surface area (Å²) in [5, 5.41) is 12.6. The SMILES string of the molecule is O=C(O)C1(c2ccc(S(=O)(=O)Nc3cnoc3)cc2)CC1. The number of hydrogen-bond donors (Lipinski definition) is 2. The third-order valence-electron chi connectivity index (χ3n) is 3.56. The van der Waals surface area contributed by atoms with E-state index in [2.05, 4.69) is 14.4 Å². The molecule has 0 amide bonds. The van der Waals surface area contributed by atoms with Crippen LogP contribution in [0.3, 0.4) is 0 Å². The highest BCUT2D eigenvalue weighted by molar-refractivity contribution is 7.92. The molecule has 7 nitrogen and oxygen atoms in total. The molecule has 1 aromatic carbocycles. The van der Waals surface area contributed by atoms with Crippen molar-refractivity contribution in [3.05, 3.63) is 42.3 Å². The lowest BCUT2D eigenvalue weighted by atomic mass is 9.96. The van der Waals surface area contributed by atoms with Crippen LogP contribution in [-0.2, 0) is 20.2 Å². The number of rotatable bonds is 5. The van der Waals surface area contributed by atoms with Crippen molar-refractivity contribution < 1.29 is 22.8 Å². The smallest absolute Gasteiger partial charge is 0.314 e. The molecule has 0 unspecified atom stereocenters. The van der Waals surface area contributed by atoms with E-state index < -0.39 is 21.4 Å². The summed E-state index contributed by atoms with van der Waals surface area (Å²) in [5.74, 6) is -0.874. The monoisotopic (exact) mass is 308 g/mol. The van der Waals surface area contributed by atoms with Crippen LogP contribution in [0.4, 0.5) is 5.69 Å². The Hall–Kier alpha value is -2.35. The van der Waals surface area contributed by atoms with Crippen LogP contribution in [0, 0.1) is 0 Å². The third-order valence-corrected chi connectivity index (χ3v) is 4.96. The molecule has 2 N–H and O–H groups in total. The zero-order valence-corrected chi connectivity index (χ0v) is 11.6. The Bertz CT molecular complexity index is 761. The maximum Gasteiger partial charge on any atom is 0.314 e. The third kappa shape index (κ3) is 2.38. The summed E-state index contributed by atoms with van der Waals surface area (Å²) in [6.07, 6.45) is 3.58. The van der Waals surface area contributed by atoms with E-state index >= 15 is 0 Å². The van der Waals surface area contributed by atoms with Gasteiger partial charge in [-0.1, -0.05) is 17.3 Å². The largest absolute Gasteiger partial charge is 0.481 e. The summed E-state index contributed by atoms with van der Waals surface area (Å²) in [5.41, 5.74) is 0.00621. The van der Waals surface area contributed by atoms with Crippen molar-refractivity contribution in [1.29, 1.82) is 0 Å². The molecule has 0 radical (unpaired) electrons. The summed E-state index contributed by atoms with van der Waals surface area (Å²) in [4.78, 5) is 11.3.